The van der Waals surface area contributed by atoms with Gasteiger partial charge in [-0.1, -0.05) is 58.3 Å². The first-order chi connectivity index (χ1) is 16.9. The lowest BCUT2D eigenvalue weighted by Crippen LogP contribution is -2.52. The molecule has 0 aliphatic heterocycles. The summed E-state index contributed by atoms with van der Waals surface area (Å²) in [5.74, 6) is -4.88. The molecule has 2 atom stereocenters. The monoisotopic (exact) mass is 529 g/mol. The third-order valence-electron chi connectivity index (χ3n) is 5.15. The molecule has 0 aromatic carbocycles. The fraction of sp³-hybridized carbons (Fsp3) is 0.826. The van der Waals surface area contributed by atoms with E-state index in [0.717, 1.165) is 19.3 Å². The standard InChI is InChI=1S/C21H41N3O5.C2HF3O2/c1-2-3-4-5-6-7-8-9-10-14-19(26)23-17(13-11-12-15-22)20(27)24-18(16-25)21(28)29;3-2(4,5)1(6)7/h17-18,25H,2-16,22H2,1H3,(H,23,26)(H,24,27)(H,28,29);(H,6,7)/t17-,18-;/m0./s1. The molecule has 212 valence electrons. The number of halogens is 3. The summed E-state index contributed by atoms with van der Waals surface area (Å²) in [7, 11) is 0. The normalized spacial score (nSPS) is 12.6. The predicted octanol–water partition coefficient (Wildman–Crippen LogP) is 2.72. The summed E-state index contributed by atoms with van der Waals surface area (Å²) in [5.41, 5.74) is 5.47. The number of hydrogen-bond acceptors (Lipinski definition) is 6. The topological polar surface area (TPSA) is 179 Å². The van der Waals surface area contributed by atoms with Crippen LogP contribution in [-0.2, 0) is 19.2 Å². The molecule has 0 aliphatic carbocycles. The van der Waals surface area contributed by atoms with E-state index in [2.05, 4.69) is 17.6 Å². The van der Waals surface area contributed by atoms with Crippen molar-refractivity contribution in [2.45, 2.75) is 109 Å². The molecule has 13 heteroatoms. The van der Waals surface area contributed by atoms with Gasteiger partial charge >= 0.3 is 18.1 Å². The highest BCUT2D eigenvalue weighted by Gasteiger charge is 2.38. The van der Waals surface area contributed by atoms with Crippen LogP contribution in [0, 0.1) is 0 Å². The van der Waals surface area contributed by atoms with E-state index in [1.54, 1.807) is 0 Å². The van der Waals surface area contributed by atoms with Crippen molar-refractivity contribution in [2.24, 2.45) is 5.73 Å². The van der Waals surface area contributed by atoms with E-state index in [0.29, 0.717) is 32.2 Å². The van der Waals surface area contributed by atoms with Crippen molar-refractivity contribution in [3.05, 3.63) is 0 Å². The molecule has 0 unspecified atom stereocenters. The second kappa shape index (κ2) is 21.8. The zero-order chi connectivity index (χ0) is 28.0. The summed E-state index contributed by atoms with van der Waals surface area (Å²) in [4.78, 5) is 44.4. The Morgan fingerprint density at radius 3 is 1.72 bits per heavy atom. The number of aliphatic hydroxyl groups excluding tert-OH is 1. The van der Waals surface area contributed by atoms with E-state index in [9.17, 15) is 27.6 Å². The van der Waals surface area contributed by atoms with Crippen LogP contribution in [0.25, 0.3) is 0 Å². The molecule has 0 fully saturated rings. The third kappa shape index (κ3) is 20.9. The molecule has 2 amide bonds. The summed E-state index contributed by atoms with van der Waals surface area (Å²) in [6.07, 6.45) is 7.40. The Hall–Kier alpha value is -2.41. The summed E-state index contributed by atoms with van der Waals surface area (Å²) in [6, 6.07) is -2.20. The average molecular weight is 530 g/mol. The Morgan fingerprint density at radius 1 is 0.806 bits per heavy atom. The Kier molecular flexibility index (Phi) is 21.7. The number of nitrogens with one attached hydrogen (secondary N) is 2. The van der Waals surface area contributed by atoms with Crippen molar-refractivity contribution in [3.8, 4) is 0 Å². The van der Waals surface area contributed by atoms with Crippen molar-refractivity contribution in [1.82, 2.24) is 10.6 Å². The van der Waals surface area contributed by atoms with Crippen LogP contribution in [0.4, 0.5) is 13.2 Å². The number of rotatable bonds is 19. The first-order valence-corrected chi connectivity index (χ1v) is 12.3. The predicted molar refractivity (Wildman–Crippen MR) is 127 cm³/mol. The molecule has 7 N–H and O–H groups in total. The Morgan fingerprint density at radius 2 is 1.31 bits per heavy atom. The van der Waals surface area contributed by atoms with Gasteiger partial charge in [-0.15, -0.1) is 0 Å². The number of amides is 2. The van der Waals surface area contributed by atoms with Crippen LogP contribution in [0.3, 0.4) is 0 Å². The van der Waals surface area contributed by atoms with Crippen LogP contribution in [0.15, 0.2) is 0 Å². The van der Waals surface area contributed by atoms with Crippen LogP contribution in [0.1, 0.15) is 90.4 Å². The van der Waals surface area contributed by atoms with E-state index in [4.69, 9.17) is 25.8 Å². The molecule has 0 radical (unpaired) electrons. The highest BCUT2D eigenvalue weighted by molar-refractivity contribution is 5.90. The van der Waals surface area contributed by atoms with E-state index in [1.807, 2.05) is 0 Å². The van der Waals surface area contributed by atoms with Crippen molar-refractivity contribution in [2.75, 3.05) is 13.2 Å². The van der Waals surface area contributed by atoms with Gasteiger partial charge in [0.05, 0.1) is 6.61 Å². The molecule has 0 aliphatic rings. The second-order valence-electron chi connectivity index (χ2n) is 8.37. The van der Waals surface area contributed by atoms with Gasteiger partial charge in [-0.05, 0) is 32.2 Å². The van der Waals surface area contributed by atoms with Crippen LogP contribution in [0.5, 0.6) is 0 Å². The summed E-state index contributed by atoms with van der Waals surface area (Å²) in [5, 5.41) is 30.1. The molecule has 0 spiro atoms. The van der Waals surface area contributed by atoms with Gasteiger partial charge in [0.2, 0.25) is 11.8 Å². The molecule has 0 rings (SSSR count). The smallest absolute Gasteiger partial charge is 0.480 e. The second-order valence-corrected chi connectivity index (χ2v) is 8.37. The Bertz CT molecular complexity index is 635. The number of aliphatic carboxylic acids is 2. The Balaban J connectivity index is 0. The van der Waals surface area contributed by atoms with Crippen molar-refractivity contribution < 1.29 is 47.7 Å². The molecule has 0 aromatic heterocycles. The maximum atomic E-state index is 12.3. The van der Waals surface area contributed by atoms with Crippen LogP contribution in [0.2, 0.25) is 0 Å². The van der Waals surface area contributed by atoms with Gasteiger partial charge in [0.15, 0.2) is 0 Å². The molecular formula is C23H42F3N3O7. The van der Waals surface area contributed by atoms with Gasteiger partial charge in [-0.2, -0.15) is 13.2 Å². The molecule has 0 aromatic rings. The van der Waals surface area contributed by atoms with Gasteiger partial charge in [-0.25, -0.2) is 9.59 Å². The van der Waals surface area contributed by atoms with Gasteiger partial charge in [-0.3, -0.25) is 9.59 Å². The van der Waals surface area contributed by atoms with Crippen LogP contribution >= 0.6 is 0 Å². The largest absolute Gasteiger partial charge is 0.490 e. The lowest BCUT2D eigenvalue weighted by molar-refractivity contribution is -0.192. The first-order valence-electron chi connectivity index (χ1n) is 12.3. The molecule has 36 heavy (non-hydrogen) atoms. The minimum Gasteiger partial charge on any atom is -0.480 e. The quantitative estimate of drug-likeness (QED) is 0.138. The van der Waals surface area contributed by atoms with Crippen molar-refractivity contribution >= 4 is 23.8 Å². The van der Waals surface area contributed by atoms with Crippen LogP contribution in [-0.4, -0.2) is 70.5 Å². The number of carbonyl (C=O) groups is 4. The third-order valence-corrected chi connectivity index (χ3v) is 5.15. The number of aliphatic hydroxyl groups is 1. The van der Waals surface area contributed by atoms with Gasteiger partial charge in [0.25, 0.3) is 0 Å². The van der Waals surface area contributed by atoms with E-state index in [-0.39, 0.29) is 5.91 Å². The lowest BCUT2D eigenvalue weighted by atomic mass is 10.1. The summed E-state index contributed by atoms with van der Waals surface area (Å²) < 4.78 is 31.7. The number of hydrogen-bond donors (Lipinski definition) is 6. The Labute approximate surface area is 210 Å². The average Bonchev–Trinajstić information content (AvgIpc) is 2.80. The number of nitrogens with two attached hydrogens (primary N) is 1. The minimum absolute atomic E-state index is 0.211. The van der Waals surface area contributed by atoms with E-state index < -0.39 is 42.7 Å². The highest BCUT2D eigenvalue weighted by Crippen LogP contribution is 2.13. The van der Waals surface area contributed by atoms with Gasteiger partial charge < -0.3 is 31.7 Å². The lowest BCUT2D eigenvalue weighted by Gasteiger charge is -2.20. The zero-order valence-electron chi connectivity index (χ0n) is 20.9. The van der Waals surface area contributed by atoms with Gasteiger partial charge in [0, 0.05) is 6.42 Å². The fourth-order valence-corrected chi connectivity index (χ4v) is 3.08. The summed E-state index contributed by atoms with van der Waals surface area (Å²) >= 11 is 0. The molecule has 10 nitrogen and oxygen atoms in total. The molecule has 0 saturated heterocycles. The number of alkyl halides is 3. The maximum Gasteiger partial charge on any atom is 0.490 e. The number of carboxylic acids is 2. The first kappa shape index (κ1) is 35.8. The van der Waals surface area contributed by atoms with E-state index in [1.165, 1.54) is 38.5 Å². The minimum atomic E-state index is -5.08. The fourth-order valence-electron chi connectivity index (χ4n) is 3.08. The van der Waals surface area contributed by atoms with Crippen LogP contribution < -0.4 is 16.4 Å². The summed E-state index contributed by atoms with van der Waals surface area (Å²) in [6.45, 7) is 1.98. The van der Waals surface area contributed by atoms with Crippen molar-refractivity contribution in [3.63, 3.8) is 0 Å². The molecule has 0 bridgehead atoms. The number of carboxylic acid groups (broad SMARTS) is 2. The van der Waals surface area contributed by atoms with E-state index >= 15 is 0 Å². The number of carbonyl (C=O) groups excluding carboxylic acids is 2. The highest BCUT2D eigenvalue weighted by atomic mass is 19.4. The number of unbranched alkanes of at least 4 members (excludes halogenated alkanes) is 9. The van der Waals surface area contributed by atoms with Gasteiger partial charge in [0.1, 0.15) is 12.1 Å². The SMILES string of the molecule is CCCCCCCCCCCC(=O)N[C@@H](CCCCN)C(=O)N[C@@H](CO)C(=O)O.O=C(O)C(F)(F)F. The molecule has 0 heterocycles. The molecular weight excluding hydrogens is 487 g/mol. The molecule has 0 saturated carbocycles. The van der Waals surface area contributed by atoms with Crippen molar-refractivity contribution in [1.29, 1.82) is 0 Å². The maximum absolute atomic E-state index is 12.3. The zero-order valence-corrected chi connectivity index (χ0v) is 20.9.